The molecule has 0 spiro atoms. The highest BCUT2D eigenvalue weighted by atomic mass is 19.4. The summed E-state index contributed by atoms with van der Waals surface area (Å²) in [5, 5.41) is 0. The van der Waals surface area contributed by atoms with Gasteiger partial charge in [-0.1, -0.05) is 25.5 Å². The fourth-order valence-electron chi connectivity index (χ4n) is 4.35. The maximum absolute atomic E-state index is 14.8. The van der Waals surface area contributed by atoms with Crippen LogP contribution in [0.3, 0.4) is 0 Å². The molecular weight excluding hydrogens is 590 g/mol. The Bertz CT molecular complexity index is 1360. The van der Waals surface area contributed by atoms with Gasteiger partial charge in [-0.25, -0.2) is 17.9 Å². The highest BCUT2D eigenvalue weighted by Crippen LogP contribution is 2.41. The number of rotatable bonds is 9. The molecule has 0 saturated carbocycles. The number of benzene rings is 3. The summed E-state index contributed by atoms with van der Waals surface area (Å²) < 4.78 is 155. The van der Waals surface area contributed by atoms with Gasteiger partial charge in [0, 0.05) is 23.1 Å². The second kappa shape index (κ2) is 12.1. The lowest BCUT2D eigenvalue weighted by molar-refractivity contribution is -0.432. The highest BCUT2D eigenvalue weighted by molar-refractivity contribution is 5.66. The standard InChI is InChI=1S/C28H22F10O4/c1-2-3-15-13-39-25(40-14-15)16-4-6-18(7-5-16)26(32,33)41-19-8-9-20(21(29)12-19)17-10-22(30)24(23(31)11-17)27(34,35)42-28(36,37)38/h4-12,15,25H,2-3,13-14H2,1H3. The summed E-state index contributed by atoms with van der Waals surface area (Å²) in [7, 11) is 0. The predicted octanol–water partition coefficient (Wildman–Crippen LogP) is 8.95. The molecule has 14 heteroatoms. The topological polar surface area (TPSA) is 36.9 Å². The van der Waals surface area contributed by atoms with Crippen molar-refractivity contribution in [3.05, 3.63) is 88.7 Å². The zero-order chi connectivity index (χ0) is 30.9. The molecule has 0 atom stereocenters. The molecule has 1 aliphatic heterocycles. The monoisotopic (exact) mass is 612 g/mol. The van der Waals surface area contributed by atoms with Crippen LogP contribution in [-0.2, 0) is 26.4 Å². The lowest BCUT2D eigenvalue weighted by atomic mass is 10.0. The summed E-state index contributed by atoms with van der Waals surface area (Å²) in [4.78, 5) is 0. The summed E-state index contributed by atoms with van der Waals surface area (Å²) in [6.45, 7) is 2.96. The van der Waals surface area contributed by atoms with Crippen LogP contribution in [0.1, 0.15) is 42.7 Å². The summed E-state index contributed by atoms with van der Waals surface area (Å²) in [6.07, 6.45) is -14.2. The van der Waals surface area contributed by atoms with Gasteiger partial charge in [-0.2, -0.15) is 17.6 Å². The molecule has 1 aliphatic rings. The van der Waals surface area contributed by atoms with E-state index in [-0.39, 0.29) is 18.1 Å². The van der Waals surface area contributed by atoms with E-state index in [0.717, 1.165) is 37.1 Å². The smallest absolute Gasteiger partial charge is 0.429 e. The molecule has 0 radical (unpaired) electrons. The Balaban J connectivity index is 1.48. The van der Waals surface area contributed by atoms with Gasteiger partial charge in [-0.05, 0) is 48.4 Å². The molecule has 4 rings (SSSR count). The normalized spacial score (nSPS) is 18.3. The van der Waals surface area contributed by atoms with Crippen molar-refractivity contribution < 1.29 is 62.9 Å². The van der Waals surface area contributed by atoms with Crippen molar-refractivity contribution in [2.75, 3.05) is 13.2 Å². The maximum Gasteiger partial charge on any atom is 0.527 e. The van der Waals surface area contributed by atoms with Crippen LogP contribution in [0.2, 0.25) is 0 Å². The van der Waals surface area contributed by atoms with E-state index >= 15 is 0 Å². The average molecular weight is 612 g/mol. The van der Waals surface area contributed by atoms with Gasteiger partial charge in [0.05, 0.1) is 18.8 Å². The van der Waals surface area contributed by atoms with Gasteiger partial charge >= 0.3 is 18.6 Å². The van der Waals surface area contributed by atoms with Crippen LogP contribution in [-0.4, -0.2) is 19.6 Å². The third kappa shape index (κ3) is 7.34. The van der Waals surface area contributed by atoms with Crippen molar-refractivity contribution >= 4 is 0 Å². The van der Waals surface area contributed by atoms with Crippen molar-refractivity contribution in [1.82, 2.24) is 0 Å². The number of alkyl halides is 7. The Morgan fingerprint density at radius 3 is 1.88 bits per heavy atom. The molecule has 228 valence electrons. The first kappa shape index (κ1) is 31.6. The van der Waals surface area contributed by atoms with Gasteiger partial charge in [0.1, 0.15) is 28.8 Å². The Hall–Kier alpha value is -3.36. The van der Waals surface area contributed by atoms with Crippen LogP contribution in [0.5, 0.6) is 5.75 Å². The van der Waals surface area contributed by atoms with E-state index in [9.17, 15) is 43.9 Å². The molecule has 0 N–H and O–H groups in total. The Labute approximate surface area is 232 Å². The zero-order valence-electron chi connectivity index (χ0n) is 21.6. The van der Waals surface area contributed by atoms with Crippen LogP contribution in [0.25, 0.3) is 11.1 Å². The van der Waals surface area contributed by atoms with Crippen molar-refractivity contribution in [2.24, 2.45) is 5.92 Å². The Kier molecular flexibility index (Phi) is 9.09. The molecule has 0 bridgehead atoms. The Morgan fingerprint density at radius 2 is 1.36 bits per heavy atom. The molecular formula is C28H22F10O4. The van der Waals surface area contributed by atoms with Gasteiger partial charge in [-0.3, -0.25) is 0 Å². The minimum Gasteiger partial charge on any atom is -0.429 e. The van der Waals surface area contributed by atoms with Crippen molar-refractivity contribution in [3.63, 3.8) is 0 Å². The fourth-order valence-corrected chi connectivity index (χ4v) is 4.35. The number of halogens is 10. The number of hydrogen-bond donors (Lipinski definition) is 0. The predicted molar refractivity (Wildman–Crippen MR) is 127 cm³/mol. The maximum atomic E-state index is 14.8. The molecule has 0 amide bonds. The lowest BCUT2D eigenvalue weighted by Gasteiger charge is -2.29. The molecule has 1 heterocycles. The number of hydrogen-bond acceptors (Lipinski definition) is 4. The van der Waals surface area contributed by atoms with E-state index in [1.54, 1.807) is 0 Å². The second-order valence-corrected chi connectivity index (χ2v) is 9.42. The van der Waals surface area contributed by atoms with E-state index in [2.05, 4.69) is 9.47 Å². The van der Waals surface area contributed by atoms with E-state index in [1.807, 2.05) is 6.92 Å². The first-order chi connectivity index (χ1) is 19.6. The first-order valence-corrected chi connectivity index (χ1v) is 12.4. The van der Waals surface area contributed by atoms with Crippen molar-refractivity contribution in [2.45, 2.75) is 44.6 Å². The van der Waals surface area contributed by atoms with Gasteiger partial charge in [0.15, 0.2) is 6.29 Å². The Morgan fingerprint density at radius 1 is 0.762 bits per heavy atom. The summed E-state index contributed by atoms with van der Waals surface area (Å²) in [5.41, 5.74) is -3.81. The van der Waals surface area contributed by atoms with Crippen molar-refractivity contribution in [1.29, 1.82) is 0 Å². The highest BCUT2D eigenvalue weighted by Gasteiger charge is 2.49. The van der Waals surface area contributed by atoms with E-state index in [0.29, 0.717) is 24.8 Å². The third-order valence-corrected chi connectivity index (χ3v) is 6.26. The molecule has 3 aromatic carbocycles. The SMILES string of the molecule is CCCC1COC(c2ccc(C(F)(F)Oc3ccc(-c4cc(F)c(C(F)(F)OC(F)(F)F)c(F)c4)c(F)c3)cc2)OC1. The van der Waals surface area contributed by atoms with E-state index in [1.165, 1.54) is 12.1 Å². The molecule has 0 aliphatic carbocycles. The van der Waals surface area contributed by atoms with Gasteiger partial charge < -0.3 is 14.2 Å². The minimum absolute atomic E-state index is 0.144. The molecule has 1 saturated heterocycles. The van der Waals surface area contributed by atoms with Crippen molar-refractivity contribution in [3.8, 4) is 16.9 Å². The quantitative estimate of drug-likeness (QED) is 0.226. The summed E-state index contributed by atoms with van der Waals surface area (Å²) in [6, 6.07) is 7.18. The van der Waals surface area contributed by atoms with E-state index in [4.69, 9.17) is 9.47 Å². The molecule has 0 aromatic heterocycles. The van der Waals surface area contributed by atoms with Gasteiger partial charge in [0.25, 0.3) is 0 Å². The average Bonchev–Trinajstić information content (AvgIpc) is 2.87. The minimum atomic E-state index is -5.93. The van der Waals surface area contributed by atoms with Crippen LogP contribution in [0.15, 0.2) is 54.6 Å². The summed E-state index contributed by atoms with van der Waals surface area (Å²) >= 11 is 0. The van der Waals surface area contributed by atoms with Crippen LogP contribution >= 0.6 is 0 Å². The molecule has 4 nitrogen and oxygen atoms in total. The fraction of sp³-hybridized carbons (Fsp3) is 0.357. The largest absolute Gasteiger partial charge is 0.527 e. The second-order valence-electron chi connectivity index (χ2n) is 9.42. The third-order valence-electron chi connectivity index (χ3n) is 6.26. The molecule has 42 heavy (non-hydrogen) atoms. The van der Waals surface area contributed by atoms with Crippen LogP contribution in [0, 0.1) is 23.4 Å². The van der Waals surface area contributed by atoms with Gasteiger partial charge in [0.2, 0.25) is 0 Å². The zero-order valence-corrected chi connectivity index (χ0v) is 21.6. The summed E-state index contributed by atoms with van der Waals surface area (Å²) in [5.74, 6) is -6.14. The van der Waals surface area contributed by atoms with Gasteiger partial charge in [-0.15, -0.1) is 13.2 Å². The van der Waals surface area contributed by atoms with Crippen LogP contribution < -0.4 is 4.74 Å². The van der Waals surface area contributed by atoms with Crippen LogP contribution in [0.4, 0.5) is 43.9 Å². The first-order valence-electron chi connectivity index (χ1n) is 12.4. The number of ether oxygens (including phenoxy) is 4. The van der Waals surface area contributed by atoms with E-state index < -0.39 is 70.3 Å². The molecule has 0 unspecified atom stereocenters. The molecule has 3 aromatic rings. The lowest BCUT2D eigenvalue weighted by Crippen LogP contribution is -2.29. The molecule has 1 fully saturated rings.